The van der Waals surface area contributed by atoms with E-state index in [9.17, 15) is 4.79 Å². The number of pyridine rings is 1. The minimum absolute atomic E-state index is 0.221. The Hall–Kier alpha value is -3.11. The van der Waals surface area contributed by atoms with Crippen LogP contribution in [0.4, 0.5) is 5.69 Å². The summed E-state index contributed by atoms with van der Waals surface area (Å²) in [5, 5.41) is 3.64. The number of hydrogen-bond acceptors (Lipinski definition) is 2. The van der Waals surface area contributed by atoms with Crippen LogP contribution in [0.15, 0.2) is 73.1 Å². The van der Waals surface area contributed by atoms with Crippen molar-refractivity contribution in [3.05, 3.63) is 89.3 Å². The molecule has 4 nitrogen and oxygen atoms in total. The molecule has 0 radical (unpaired) electrons. The Morgan fingerprint density at radius 3 is 2.69 bits per heavy atom. The summed E-state index contributed by atoms with van der Waals surface area (Å²) in [4.78, 5) is 17.1. The fourth-order valence-corrected chi connectivity index (χ4v) is 3.19. The number of amides is 1. The molecule has 0 saturated carbocycles. The minimum atomic E-state index is -0.221. The molecule has 0 unspecified atom stereocenters. The van der Waals surface area contributed by atoms with Crippen molar-refractivity contribution >= 4 is 28.8 Å². The van der Waals surface area contributed by atoms with Gasteiger partial charge in [0.1, 0.15) is 11.3 Å². The number of carbonyl (C=O) groups excluding carboxylic acids is 1. The van der Waals surface area contributed by atoms with E-state index in [-0.39, 0.29) is 5.91 Å². The van der Waals surface area contributed by atoms with E-state index in [2.05, 4.69) is 10.3 Å². The van der Waals surface area contributed by atoms with Gasteiger partial charge < -0.3 is 5.32 Å². The fraction of sp³-hybridized carbons (Fsp3) is 0.0476. The lowest BCUT2D eigenvalue weighted by molar-refractivity contribution is 0.102. The third-order valence-corrected chi connectivity index (χ3v) is 4.57. The molecule has 4 aromatic rings. The highest BCUT2D eigenvalue weighted by atomic mass is 35.5. The maximum Gasteiger partial charge on any atom is 0.274 e. The van der Waals surface area contributed by atoms with E-state index in [0.717, 1.165) is 22.3 Å². The van der Waals surface area contributed by atoms with Gasteiger partial charge >= 0.3 is 0 Å². The number of imidazole rings is 1. The van der Waals surface area contributed by atoms with Crippen LogP contribution in [0.25, 0.3) is 16.8 Å². The number of nitrogens with one attached hydrogen (secondary N) is 1. The Bertz CT molecular complexity index is 1120. The van der Waals surface area contributed by atoms with Crippen molar-refractivity contribution in [3.63, 3.8) is 0 Å². The van der Waals surface area contributed by atoms with Crippen LogP contribution < -0.4 is 5.32 Å². The largest absolute Gasteiger partial charge is 0.320 e. The highest BCUT2D eigenvalue weighted by Gasteiger charge is 2.15. The summed E-state index contributed by atoms with van der Waals surface area (Å²) in [6.45, 7) is 2.01. The van der Waals surface area contributed by atoms with E-state index in [1.54, 1.807) is 10.6 Å². The number of fused-ring (bicyclic) bond motifs is 1. The third kappa shape index (κ3) is 2.95. The molecule has 0 atom stereocenters. The zero-order valence-corrected chi connectivity index (χ0v) is 14.9. The lowest BCUT2D eigenvalue weighted by atomic mass is 10.0. The Labute approximate surface area is 156 Å². The molecule has 26 heavy (non-hydrogen) atoms. The summed E-state index contributed by atoms with van der Waals surface area (Å²) < 4.78 is 1.76. The first-order valence-electron chi connectivity index (χ1n) is 8.22. The number of hydrogen-bond donors (Lipinski definition) is 1. The predicted molar refractivity (Wildman–Crippen MR) is 105 cm³/mol. The minimum Gasteiger partial charge on any atom is -0.320 e. The van der Waals surface area contributed by atoms with Gasteiger partial charge in [0.15, 0.2) is 0 Å². The summed E-state index contributed by atoms with van der Waals surface area (Å²) in [5.41, 5.74) is 4.77. The Balaban J connectivity index is 1.75. The van der Waals surface area contributed by atoms with Crippen molar-refractivity contribution in [1.29, 1.82) is 0 Å². The molecule has 0 aliphatic heterocycles. The monoisotopic (exact) mass is 361 g/mol. The highest BCUT2D eigenvalue weighted by Crippen LogP contribution is 2.34. The van der Waals surface area contributed by atoms with Crippen LogP contribution in [0.1, 0.15) is 16.1 Å². The van der Waals surface area contributed by atoms with Crippen molar-refractivity contribution in [2.45, 2.75) is 6.92 Å². The van der Waals surface area contributed by atoms with E-state index in [1.807, 2.05) is 73.8 Å². The van der Waals surface area contributed by atoms with Crippen LogP contribution in [-0.4, -0.2) is 15.3 Å². The molecule has 2 aromatic carbocycles. The first kappa shape index (κ1) is 16.4. The molecule has 0 saturated heterocycles. The quantitative estimate of drug-likeness (QED) is 0.544. The maximum atomic E-state index is 12.8. The number of halogens is 1. The molecule has 0 spiro atoms. The van der Waals surface area contributed by atoms with Crippen molar-refractivity contribution in [1.82, 2.24) is 9.38 Å². The second-order valence-corrected chi connectivity index (χ2v) is 6.46. The molecule has 128 valence electrons. The van der Waals surface area contributed by atoms with E-state index in [4.69, 9.17) is 11.6 Å². The van der Waals surface area contributed by atoms with Gasteiger partial charge in [-0.15, -0.1) is 0 Å². The Morgan fingerprint density at radius 2 is 1.85 bits per heavy atom. The number of rotatable bonds is 3. The molecule has 4 rings (SSSR count). The average molecular weight is 362 g/mol. The van der Waals surface area contributed by atoms with Crippen LogP contribution in [0.2, 0.25) is 5.02 Å². The van der Waals surface area contributed by atoms with Gasteiger partial charge in [0.2, 0.25) is 0 Å². The average Bonchev–Trinajstić information content (AvgIpc) is 3.08. The number of benzene rings is 2. The van der Waals surface area contributed by atoms with Gasteiger partial charge in [0.05, 0.1) is 6.20 Å². The lowest BCUT2D eigenvalue weighted by Gasteiger charge is -2.13. The second-order valence-electron chi connectivity index (χ2n) is 6.06. The molecule has 0 aliphatic rings. The molecule has 0 bridgehead atoms. The Morgan fingerprint density at radius 1 is 1.04 bits per heavy atom. The molecule has 2 aromatic heterocycles. The first-order valence-corrected chi connectivity index (χ1v) is 8.60. The van der Waals surface area contributed by atoms with Crippen LogP contribution in [0.5, 0.6) is 0 Å². The number of aromatic nitrogens is 2. The van der Waals surface area contributed by atoms with Crippen molar-refractivity contribution < 1.29 is 4.79 Å². The summed E-state index contributed by atoms with van der Waals surface area (Å²) in [6, 6.07) is 19.1. The molecule has 0 aliphatic carbocycles. The van der Waals surface area contributed by atoms with Crippen LogP contribution >= 0.6 is 11.6 Å². The molecule has 1 N–H and O–H groups in total. The molecule has 5 heteroatoms. The van der Waals surface area contributed by atoms with Gasteiger partial charge in [-0.1, -0.05) is 47.5 Å². The summed E-state index contributed by atoms with van der Waals surface area (Å²) in [7, 11) is 0. The molecular weight excluding hydrogens is 346 g/mol. The van der Waals surface area contributed by atoms with Crippen LogP contribution in [-0.2, 0) is 0 Å². The van der Waals surface area contributed by atoms with Crippen molar-refractivity contribution in [2.24, 2.45) is 0 Å². The van der Waals surface area contributed by atoms with Crippen molar-refractivity contribution in [3.8, 4) is 11.1 Å². The number of carbonyl (C=O) groups is 1. The molecule has 1 amide bonds. The molecule has 2 heterocycles. The second kappa shape index (κ2) is 6.65. The summed E-state index contributed by atoms with van der Waals surface area (Å²) in [6.07, 6.45) is 3.40. The van der Waals surface area contributed by atoms with E-state index >= 15 is 0 Å². The summed E-state index contributed by atoms with van der Waals surface area (Å²) in [5.74, 6) is -0.221. The van der Waals surface area contributed by atoms with E-state index in [1.165, 1.54) is 0 Å². The van der Waals surface area contributed by atoms with Gasteiger partial charge in [-0.25, -0.2) is 4.98 Å². The standard InChI is InChI=1S/C21H16ClN3O/c1-14-9-10-18(16(12-14)15-6-2-3-7-17(15)22)24-21(26)19-13-23-20-8-4-5-11-25(19)20/h2-13H,1H3,(H,24,26). The topological polar surface area (TPSA) is 46.4 Å². The van der Waals surface area contributed by atoms with Gasteiger partial charge in [-0.2, -0.15) is 0 Å². The van der Waals surface area contributed by atoms with E-state index < -0.39 is 0 Å². The fourth-order valence-electron chi connectivity index (χ4n) is 2.96. The number of nitrogens with zero attached hydrogens (tertiary/aromatic N) is 2. The van der Waals surface area contributed by atoms with Crippen LogP contribution in [0.3, 0.4) is 0 Å². The third-order valence-electron chi connectivity index (χ3n) is 4.24. The van der Waals surface area contributed by atoms with Crippen LogP contribution in [0, 0.1) is 6.92 Å². The first-order chi connectivity index (χ1) is 12.6. The number of anilines is 1. The zero-order chi connectivity index (χ0) is 18.1. The van der Waals surface area contributed by atoms with Crippen molar-refractivity contribution in [2.75, 3.05) is 5.32 Å². The van der Waals surface area contributed by atoms with E-state index in [0.29, 0.717) is 16.4 Å². The number of aryl methyl sites for hydroxylation is 1. The molecule has 0 fully saturated rings. The molecular formula is C21H16ClN3O. The summed E-state index contributed by atoms with van der Waals surface area (Å²) >= 11 is 6.37. The zero-order valence-electron chi connectivity index (χ0n) is 14.1. The highest BCUT2D eigenvalue weighted by molar-refractivity contribution is 6.33. The lowest BCUT2D eigenvalue weighted by Crippen LogP contribution is -2.15. The maximum absolute atomic E-state index is 12.8. The van der Waals surface area contributed by atoms with Gasteiger partial charge in [0, 0.05) is 28.0 Å². The van der Waals surface area contributed by atoms with Gasteiger partial charge in [-0.3, -0.25) is 9.20 Å². The normalized spacial score (nSPS) is 10.8. The predicted octanol–water partition coefficient (Wildman–Crippen LogP) is 5.22. The van der Waals surface area contributed by atoms with Gasteiger partial charge in [0.25, 0.3) is 5.91 Å². The SMILES string of the molecule is Cc1ccc(NC(=O)c2cnc3ccccn23)c(-c2ccccc2Cl)c1. The Kier molecular flexibility index (Phi) is 4.19. The smallest absolute Gasteiger partial charge is 0.274 e. The van der Waals surface area contributed by atoms with Gasteiger partial charge in [-0.05, 0) is 37.3 Å².